The second-order valence-electron chi connectivity index (χ2n) is 10.8. The van der Waals surface area contributed by atoms with Crippen LogP contribution in [-0.4, -0.2) is 36.5 Å². The van der Waals surface area contributed by atoms with Crippen molar-refractivity contribution in [2.75, 3.05) is 34.8 Å². The summed E-state index contributed by atoms with van der Waals surface area (Å²) < 4.78 is 20.3. The fourth-order valence-electron chi connectivity index (χ4n) is 5.78. The van der Waals surface area contributed by atoms with Gasteiger partial charge < -0.3 is 19.9 Å². The summed E-state index contributed by atoms with van der Waals surface area (Å²) in [6, 6.07) is 27.7. The Morgan fingerprint density at radius 2 is 1.73 bits per heavy atom. The SMILES string of the molecule is Cc1cccc(F)c1NC(=O)c1cc2c(s1)-c1ccccc1N(C(=O)c1cccc(N3CCCOc4ccccc43)n1)CC2. The first kappa shape index (κ1) is 27.8. The molecule has 0 saturated carbocycles. The number of fused-ring (bicyclic) bond motifs is 4. The minimum Gasteiger partial charge on any atom is -0.491 e. The van der Waals surface area contributed by atoms with E-state index in [4.69, 9.17) is 9.72 Å². The standard InChI is InChI=1S/C35H29FN4O3S/c1-22-9-6-11-25(36)32(22)38-34(41)30-21-23-17-19-40(27-13-3-2-10-24(27)33(23)44-30)35(42)26-12-7-16-31(37-26)39-18-8-20-43-29-15-5-4-14-28(29)39/h2-7,9-16,21H,8,17-20H2,1H3,(H,38,41). The molecular formula is C35H29FN4O3S. The van der Waals surface area contributed by atoms with Crippen LogP contribution in [-0.2, 0) is 6.42 Å². The highest BCUT2D eigenvalue weighted by molar-refractivity contribution is 7.17. The molecule has 2 amide bonds. The average Bonchev–Trinajstić information content (AvgIpc) is 3.26. The van der Waals surface area contributed by atoms with E-state index < -0.39 is 5.82 Å². The van der Waals surface area contributed by atoms with E-state index >= 15 is 0 Å². The molecule has 2 aliphatic heterocycles. The smallest absolute Gasteiger partial charge is 0.276 e. The number of nitrogens with zero attached hydrogens (tertiary/aromatic N) is 3. The molecule has 0 saturated heterocycles. The summed E-state index contributed by atoms with van der Waals surface area (Å²) in [5.41, 5.74) is 4.72. The molecule has 0 unspecified atom stereocenters. The molecule has 7 rings (SSSR count). The molecule has 220 valence electrons. The monoisotopic (exact) mass is 604 g/mol. The van der Waals surface area contributed by atoms with Gasteiger partial charge in [-0.25, -0.2) is 9.37 Å². The minimum atomic E-state index is -0.470. The number of pyridine rings is 1. The predicted octanol–water partition coefficient (Wildman–Crippen LogP) is 7.63. The van der Waals surface area contributed by atoms with Crippen molar-refractivity contribution in [3.05, 3.63) is 119 Å². The van der Waals surface area contributed by atoms with Crippen LogP contribution in [0.4, 0.5) is 27.3 Å². The summed E-state index contributed by atoms with van der Waals surface area (Å²) in [5, 5.41) is 2.75. The number of ether oxygens (including phenoxy) is 1. The molecule has 1 N–H and O–H groups in total. The maximum absolute atomic E-state index is 14.4. The lowest BCUT2D eigenvalue weighted by molar-refractivity contribution is 0.0981. The van der Waals surface area contributed by atoms with Crippen LogP contribution in [0.3, 0.4) is 0 Å². The third-order valence-corrected chi connectivity index (χ3v) is 9.16. The largest absolute Gasteiger partial charge is 0.491 e. The van der Waals surface area contributed by atoms with Crippen LogP contribution < -0.4 is 19.9 Å². The van der Waals surface area contributed by atoms with Gasteiger partial charge >= 0.3 is 0 Å². The molecule has 9 heteroatoms. The number of carbonyl (C=O) groups excluding carboxylic acids is 2. The molecule has 0 aliphatic carbocycles. The fraction of sp³-hybridized carbons (Fsp3) is 0.171. The normalized spacial score (nSPS) is 14.0. The van der Waals surface area contributed by atoms with Crippen molar-refractivity contribution in [1.29, 1.82) is 0 Å². The van der Waals surface area contributed by atoms with Gasteiger partial charge in [0, 0.05) is 23.5 Å². The Balaban J connectivity index is 1.19. The summed E-state index contributed by atoms with van der Waals surface area (Å²) in [7, 11) is 0. The van der Waals surface area contributed by atoms with Crippen molar-refractivity contribution >= 4 is 46.0 Å². The van der Waals surface area contributed by atoms with Crippen molar-refractivity contribution in [2.45, 2.75) is 19.8 Å². The number of carbonyl (C=O) groups is 2. The summed E-state index contributed by atoms with van der Waals surface area (Å²) in [6.07, 6.45) is 1.38. The van der Waals surface area contributed by atoms with Gasteiger partial charge in [0.15, 0.2) is 0 Å². The third-order valence-electron chi connectivity index (χ3n) is 7.95. The first-order chi connectivity index (χ1) is 21.5. The van der Waals surface area contributed by atoms with Crippen LogP contribution >= 0.6 is 11.3 Å². The molecule has 3 aromatic carbocycles. The topological polar surface area (TPSA) is 74.8 Å². The van der Waals surface area contributed by atoms with E-state index in [1.165, 1.54) is 17.4 Å². The van der Waals surface area contributed by atoms with Gasteiger partial charge in [-0.15, -0.1) is 11.3 Å². The number of rotatable bonds is 4. The lowest BCUT2D eigenvalue weighted by Gasteiger charge is -2.25. The molecule has 2 aromatic heterocycles. The Kier molecular flexibility index (Phi) is 7.31. The maximum atomic E-state index is 14.4. The van der Waals surface area contributed by atoms with E-state index in [2.05, 4.69) is 10.2 Å². The third kappa shape index (κ3) is 5.09. The lowest BCUT2D eigenvalue weighted by Crippen LogP contribution is -2.33. The Bertz CT molecular complexity index is 1880. The number of anilines is 4. The Labute approximate surface area is 258 Å². The first-order valence-corrected chi connectivity index (χ1v) is 15.4. The van der Waals surface area contributed by atoms with Gasteiger partial charge in [0.25, 0.3) is 11.8 Å². The maximum Gasteiger partial charge on any atom is 0.276 e. The summed E-state index contributed by atoms with van der Waals surface area (Å²) >= 11 is 1.35. The number of para-hydroxylation sites is 4. The summed E-state index contributed by atoms with van der Waals surface area (Å²) in [6.45, 7) is 3.52. The average molecular weight is 605 g/mol. The van der Waals surface area contributed by atoms with Crippen molar-refractivity contribution in [2.24, 2.45) is 0 Å². The van der Waals surface area contributed by atoms with Crippen LogP contribution in [0.1, 0.15) is 37.7 Å². The predicted molar refractivity (Wildman–Crippen MR) is 172 cm³/mol. The molecule has 0 bridgehead atoms. The van der Waals surface area contributed by atoms with Crippen molar-refractivity contribution in [1.82, 2.24) is 4.98 Å². The highest BCUT2D eigenvalue weighted by atomic mass is 32.1. The Hall–Kier alpha value is -5.02. The highest BCUT2D eigenvalue weighted by Crippen LogP contribution is 2.42. The number of hydrogen-bond donors (Lipinski definition) is 1. The van der Waals surface area contributed by atoms with Gasteiger partial charge in [0.05, 0.1) is 28.5 Å². The molecular weight excluding hydrogens is 575 g/mol. The van der Waals surface area contributed by atoms with Crippen LogP contribution in [0, 0.1) is 12.7 Å². The zero-order valence-corrected chi connectivity index (χ0v) is 24.9. The number of benzene rings is 3. The van der Waals surface area contributed by atoms with Crippen LogP contribution in [0.2, 0.25) is 0 Å². The molecule has 5 aromatic rings. The van der Waals surface area contributed by atoms with E-state index in [1.54, 1.807) is 30.0 Å². The summed E-state index contributed by atoms with van der Waals surface area (Å²) in [5.74, 6) is 0.469. The number of hydrogen-bond acceptors (Lipinski definition) is 6. The number of nitrogens with one attached hydrogen (secondary N) is 1. The Morgan fingerprint density at radius 1 is 0.932 bits per heavy atom. The van der Waals surface area contributed by atoms with Crippen molar-refractivity contribution < 1.29 is 18.7 Å². The number of aryl methyl sites for hydroxylation is 1. The summed E-state index contributed by atoms with van der Waals surface area (Å²) in [4.78, 5) is 37.4. The van der Waals surface area contributed by atoms with E-state index in [-0.39, 0.29) is 17.5 Å². The van der Waals surface area contributed by atoms with Gasteiger partial charge in [-0.3, -0.25) is 9.59 Å². The van der Waals surface area contributed by atoms with Crippen LogP contribution in [0.25, 0.3) is 10.4 Å². The van der Waals surface area contributed by atoms with Gasteiger partial charge in [-0.1, -0.05) is 48.5 Å². The zero-order chi connectivity index (χ0) is 30.2. The molecule has 0 fully saturated rings. The van der Waals surface area contributed by atoms with Gasteiger partial charge in [0.1, 0.15) is 23.1 Å². The number of halogens is 1. The second kappa shape index (κ2) is 11.6. The quantitative estimate of drug-likeness (QED) is 0.228. The van der Waals surface area contributed by atoms with Crippen LogP contribution in [0.15, 0.2) is 91.0 Å². The number of thiophene rings is 1. The molecule has 44 heavy (non-hydrogen) atoms. The molecule has 0 atom stereocenters. The molecule has 4 heterocycles. The van der Waals surface area contributed by atoms with Gasteiger partial charge in [0.2, 0.25) is 0 Å². The van der Waals surface area contributed by atoms with E-state index in [1.807, 2.05) is 66.7 Å². The van der Waals surface area contributed by atoms with Gasteiger partial charge in [-0.2, -0.15) is 0 Å². The number of amides is 2. The Morgan fingerprint density at radius 3 is 2.59 bits per heavy atom. The molecule has 0 radical (unpaired) electrons. The van der Waals surface area contributed by atoms with Crippen molar-refractivity contribution in [3.63, 3.8) is 0 Å². The highest BCUT2D eigenvalue weighted by Gasteiger charge is 2.29. The lowest BCUT2D eigenvalue weighted by atomic mass is 10.1. The molecule has 0 spiro atoms. The van der Waals surface area contributed by atoms with E-state index in [9.17, 15) is 14.0 Å². The molecule has 7 nitrogen and oxygen atoms in total. The van der Waals surface area contributed by atoms with E-state index in [0.717, 1.165) is 46.1 Å². The van der Waals surface area contributed by atoms with E-state index in [0.29, 0.717) is 41.5 Å². The first-order valence-electron chi connectivity index (χ1n) is 14.5. The second-order valence-corrected chi connectivity index (χ2v) is 11.8. The number of aromatic nitrogens is 1. The molecule has 2 aliphatic rings. The van der Waals surface area contributed by atoms with Crippen LogP contribution in [0.5, 0.6) is 5.75 Å². The van der Waals surface area contributed by atoms with Crippen molar-refractivity contribution in [3.8, 4) is 16.2 Å². The van der Waals surface area contributed by atoms with Gasteiger partial charge in [-0.05, 0) is 73.4 Å². The zero-order valence-electron chi connectivity index (χ0n) is 24.0. The minimum absolute atomic E-state index is 0.184. The fourth-order valence-corrected chi connectivity index (χ4v) is 6.92.